The topological polar surface area (TPSA) is 87.4 Å². The van der Waals surface area contributed by atoms with Crippen LogP contribution < -0.4 is 9.64 Å². The maximum atomic E-state index is 15.3. The molecule has 8 aromatic rings. The summed E-state index contributed by atoms with van der Waals surface area (Å²) in [5.74, 6) is 1.37. The predicted octanol–water partition coefficient (Wildman–Crippen LogP) is 10.3. The number of amides is 1. The fraction of sp³-hybridized carbons (Fsp3) is 0.289. The van der Waals surface area contributed by atoms with Crippen molar-refractivity contribution in [1.82, 2.24) is 33.5 Å². The number of aromatic nitrogens is 7. The van der Waals surface area contributed by atoms with Crippen molar-refractivity contribution in [1.29, 1.82) is 0 Å². The van der Waals surface area contributed by atoms with Gasteiger partial charge in [-0.05, 0) is 119 Å². The first kappa shape index (κ1) is 37.0. The van der Waals surface area contributed by atoms with Crippen LogP contribution in [-0.4, -0.2) is 52.6 Å². The monoisotopic (exact) mass is 798 g/mol. The summed E-state index contributed by atoms with van der Waals surface area (Å²) in [4.78, 5) is 22.2. The van der Waals surface area contributed by atoms with Crippen LogP contribution in [0.15, 0.2) is 67.0 Å². The fourth-order valence-electron chi connectivity index (χ4n) is 8.82. The average Bonchev–Trinajstić information content (AvgIpc) is 3.92. The first-order chi connectivity index (χ1) is 27.3. The van der Waals surface area contributed by atoms with Crippen LogP contribution in [0.5, 0.6) is 5.75 Å². The fourth-order valence-corrected chi connectivity index (χ4v) is 9.18. The van der Waals surface area contributed by atoms with Gasteiger partial charge in [-0.1, -0.05) is 35.3 Å². The lowest BCUT2D eigenvalue weighted by molar-refractivity contribution is 0.0957. The summed E-state index contributed by atoms with van der Waals surface area (Å²) in [6.45, 7) is 13.2. The number of pyridine rings is 1. The van der Waals surface area contributed by atoms with Crippen LogP contribution in [0.25, 0.3) is 50.0 Å². The second kappa shape index (κ2) is 13.8. The van der Waals surface area contributed by atoms with E-state index in [0.29, 0.717) is 42.5 Å². The Morgan fingerprint density at radius 3 is 2.39 bits per heavy atom. The van der Waals surface area contributed by atoms with E-state index >= 15 is 4.79 Å². The Morgan fingerprint density at radius 1 is 0.895 bits per heavy atom. The SMILES string of the molecule is Cc1cc(OCCCc2c3n(c4c(-c5c(C)nn(C)c5C)c(Cl)ccc24)C(C)CN(c2cn(C)c4ccc(-c5nc6c(C)cccn6n5)cc24)C3=O)cc(C)c1Cl. The van der Waals surface area contributed by atoms with E-state index in [0.717, 1.165) is 94.2 Å². The van der Waals surface area contributed by atoms with E-state index in [1.165, 1.54) is 0 Å². The van der Waals surface area contributed by atoms with Gasteiger partial charge >= 0.3 is 0 Å². The van der Waals surface area contributed by atoms with Crippen molar-refractivity contribution in [2.75, 3.05) is 18.1 Å². The summed E-state index contributed by atoms with van der Waals surface area (Å²) in [5.41, 5.74) is 13.0. The lowest BCUT2D eigenvalue weighted by Crippen LogP contribution is -2.42. The zero-order valence-electron chi connectivity index (χ0n) is 33.4. The van der Waals surface area contributed by atoms with Gasteiger partial charge in [0.25, 0.3) is 5.91 Å². The van der Waals surface area contributed by atoms with E-state index < -0.39 is 0 Å². The van der Waals surface area contributed by atoms with Gasteiger partial charge in [-0.3, -0.25) is 9.48 Å². The third-order valence-electron chi connectivity index (χ3n) is 11.6. The molecule has 1 aliphatic heterocycles. The average molecular weight is 800 g/mol. The van der Waals surface area contributed by atoms with Crippen LogP contribution in [-0.2, 0) is 20.5 Å². The highest BCUT2D eigenvalue weighted by molar-refractivity contribution is 6.35. The normalized spacial score (nSPS) is 14.5. The largest absolute Gasteiger partial charge is 0.494 e. The third kappa shape index (κ3) is 5.91. The van der Waals surface area contributed by atoms with Crippen LogP contribution in [0.2, 0.25) is 10.0 Å². The summed E-state index contributed by atoms with van der Waals surface area (Å²) in [6, 6.07) is 18.2. The van der Waals surface area contributed by atoms with E-state index in [9.17, 15) is 0 Å². The lowest BCUT2D eigenvalue weighted by Gasteiger charge is -2.34. The number of carbonyl (C=O) groups is 1. The minimum atomic E-state index is -0.0822. The summed E-state index contributed by atoms with van der Waals surface area (Å²) in [6.07, 6.45) is 5.30. The molecule has 1 aliphatic rings. The van der Waals surface area contributed by atoms with Gasteiger partial charge in [0.15, 0.2) is 11.5 Å². The summed E-state index contributed by atoms with van der Waals surface area (Å²) < 4.78 is 14.3. The van der Waals surface area contributed by atoms with Gasteiger partial charge in [0.1, 0.15) is 11.4 Å². The number of fused-ring (bicyclic) bond motifs is 5. The molecule has 1 atom stereocenters. The smallest absolute Gasteiger partial charge is 0.275 e. The number of halogens is 2. The molecule has 0 fully saturated rings. The van der Waals surface area contributed by atoms with Crippen molar-refractivity contribution in [2.24, 2.45) is 14.1 Å². The number of aryl methyl sites for hydroxylation is 7. The van der Waals surface area contributed by atoms with Gasteiger partial charge in [0.05, 0.1) is 28.5 Å². The van der Waals surface area contributed by atoms with E-state index in [1.54, 1.807) is 0 Å². The van der Waals surface area contributed by atoms with Crippen molar-refractivity contribution in [3.8, 4) is 28.3 Å². The number of hydrogen-bond donors (Lipinski definition) is 0. The highest BCUT2D eigenvalue weighted by Crippen LogP contribution is 2.46. The van der Waals surface area contributed by atoms with Gasteiger partial charge in [0, 0.05) is 82.8 Å². The molecule has 0 aliphatic carbocycles. The number of nitrogens with zero attached hydrogens (tertiary/aromatic N) is 8. The van der Waals surface area contributed by atoms with Crippen LogP contribution in [0.1, 0.15) is 63.5 Å². The zero-order valence-corrected chi connectivity index (χ0v) is 34.9. The van der Waals surface area contributed by atoms with Crippen LogP contribution in [0.4, 0.5) is 5.69 Å². The maximum Gasteiger partial charge on any atom is 0.275 e. The molecule has 6 heterocycles. The minimum absolute atomic E-state index is 0.0507. The predicted molar refractivity (Wildman–Crippen MR) is 229 cm³/mol. The Kier molecular flexibility index (Phi) is 8.97. The number of anilines is 1. The van der Waals surface area contributed by atoms with Crippen molar-refractivity contribution < 1.29 is 9.53 Å². The molecule has 0 saturated carbocycles. The quantitative estimate of drug-likeness (QED) is 0.143. The van der Waals surface area contributed by atoms with Crippen molar-refractivity contribution in [3.05, 3.63) is 116 Å². The molecule has 0 bridgehead atoms. The van der Waals surface area contributed by atoms with E-state index in [-0.39, 0.29) is 11.9 Å². The molecule has 0 saturated heterocycles. The lowest BCUT2D eigenvalue weighted by atomic mass is 9.98. The van der Waals surface area contributed by atoms with Gasteiger partial charge in [-0.25, -0.2) is 9.50 Å². The van der Waals surface area contributed by atoms with Gasteiger partial charge in [-0.15, -0.1) is 5.10 Å². The van der Waals surface area contributed by atoms with Crippen LogP contribution in [0.3, 0.4) is 0 Å². The first-order valence-electron chi connectivity index (χ1n) is 19.3. The second-order valence-corrected chi connectivity index (χ2v) is 16.3. The third-order valence-corrected chi connectivity index (χ3v) is 12.6. The van der Waals surface area contributed by atoms with Gasteiger partial charge in [-0.2, -0.15) is 5.10 Å². The van der Waals surface area contributed by atoms with Crippen molar-refractivity contribution in [2.45, 2.75) is 60.4 Å². The molecule has 1 amide bonds. The molecule has 3 aromatic carbocycles. The second-order valence-electron chi connectivity index (χ2n) is 15.5. The maximum absolute atomic E-state index is 15.3. The van der Waals surface area contributed by atoms with Crippen LogP contribution in [0, 0.1) is 34.6 Å². The Labute approximate surface area is 341 Å². The Morgan fingerprint density at radius 2 is 1.67 bits per heavy atom. The van der Waals surface area contributed by atoms with Gasteiger partial charge in [0.2, 0.25) is 0 Å². The first-order valence-corrected chi connectivity index (χ1v) is 20.1. The van der Waals surface area contributed by atoms with E-state index in [4.69, 9.17) is 43.1 Å². The highest BCUT2D eigenvalue weighted by Gasteiger charge is 2.37. The summed E-state index contributed by atoms with van der Waals surface area (Å²) in [7, 11) is 3.98. The molecule has 10 nitrogen and oxygen atoms in total. The molecule has 1 unspecified atom stereocenters. The van der Waals surface area contributed by atoms with Crippen molar-refractivity contribution >= 4 is 62.2 Å². The Bertz CT molecular complexity index is 2930. The van der Waals surface area contributed by atoms with Crippen molar-refractivity contribution in [3.63, 3.8) is 0 Å². The van der Waals surface area contributed by atoms with E-state index in [1.807, 2.05) is 92.4 Å². The highest BCUT2D eigenvalue weighted by atomic mass is 35.5. The molecule has 9 rings (SSSR count). The Balaban J connectivity index is 1.17. The van der Waals surface area contributed by atoms with Crippen LogP contribution >= 0.6 is 23.2 Å². The molecule has 12 heteroatoms. The summed E-state index contributed by atoms with van der Waals surface area (Å²) >= 11 is 13.6. The zero-order chi connectivity index (χ0) is 40.0. The molecule has 5 aromatic heterocycles. The minimum Gasteiger partial charge on any atom is -0.494 e. The van der Waals surface area contributed by atoms with E-state index in [2.05, 4.69) is 53.4 Å². The number of benzene rings is 3. The Hall–Kier alpha value is -5.58. The molecular weight excluding hydrogens is 755 g/mol. The molecule has 57 heavy (non-hydrogen) atoms. The summed E-state index contributed by atoms with van der Waals surface area (Å²) in [5, 5.41) is 12.9. The molecule has 290 valence electrons. The number of carbonyl (C=O) groups excluding carboxylic acids is 1. The standard InChI is InChI=1S/C45H44Cl2N8O2/c1-24-11-9-17-54-44(24)48-43(50-54)30-13-16-36-34(21-30)37(23-51(36)7)53-22-27(4)55-41-33(14-15-35(46)39(41)38-28(5)49-52(8)29(38)6)32(42(55)45(53)56)12-10-18-57-31-19-25(2)40(47)26(3)20-31/h9,11,13-17,19-21,23,27H,10,12,18,22H2,1-8H3. The van der Waals surface area contributed by atoms with Gasteiger partial charge < -0.3 is 18.8 Å². The molecule has 0 spiro atoms. The molecule has 0 radical (unpaired) electrons. The number of ether oxygens (including phenoxy) is 1. The molecular formula is C45H44Cl2N8O2. The number of rotatable bonds is 8. The molecule has 0 N–H and O–H groups in total. The number of hydrogen-bond acceptors (Lipinski definition) is 5.